The molecule has 0 unspecified atom stereocenters. The van der Waals surface area contributed by atoms with Crippen LogP contribution in [0.4, 0.5) is 8.78 Å². The van der Waals surface area contributed by atoms with E-state index in [0.29, 0.717) is 4.47 Å². The van der Waals surface area contributed by atoms with Gasteiger partial charge in [0, 0.05) is 18.7 Å². The predicted octanol–water partition coefficient (Wildman–Crippen LogP) is 4.25. The minimum absolute atomic E-state index is 0.0891. The second kappa shape index (κ2) is 5.91. The Balaban J connectivity index is 2.67. The summed E-state index contributed by atoms with van der Waals surface area (Å²) >= 11 is 3.06. The van der Waals surface area contributed by atoms with Gasteiger partial charge in [0.05, 0.1) is 4.47 Å². The van der Waals surface area contributed by atoms with Crippen molar-refractivity contribution in [1.82, 2.24) is 5.32 Å². The zero-order valence-corrected chi connectivity index (χ0v) is 12.0. The van der Waals surface area contributed by atoms with Crippen LogP contribution in [0.15, 0.2) is 16.6 Å². The first-order valence-corrected chi connectivity index (χ1v) is 6.50. The van der Waals surface area contributed by atoms with E-state index < -0.39 is 11.6 Å². The zero-order chi connectivity index (χ0) is 13.1. The van der Waals surface area contributed by atoms with Crippen LogP contribution in [0.25, 0.3) is 0 Å². The van der Waals surface area contributed by atoms with Crippen LogP contribution in [0.3, 0.4) is 0 Å². The van der Waals surface area contributed by atoms with Gasteiger partial charge in [0.1, 0.15) is 11.6 Å². The van der Waals surface area contributed by atoms with E-state index in [9.17, 15) is 8.78 Å². The standard InChI is InChI=1S/C13H18BrF2N/c1-4-13(2,3)8-17-7-9-11(15)6-5-10(14)12(9)16/h5-6,17H,4,7-8H2,1-3H3. The van der Waals surface area contributed by atoms with Gasteiger partial charge in [0.2, 0.25) is 0 Å². The van der Waals surface area contributed by atoms with Gasteiger partial charge in [-0.05, 0) is 39.9 Å². The molecule has 1 nitrogen and oxygen atoms in total. The Hall–Kier alpha value is -0.480. The minimum atomic E-state index is -0.521. The molecule has 0 amide bonds. The lowest BCUT2D eigenvalue weighted by Crippen LogP contribution is -2.29. The first kappa shape index (κ1) is 14.6. The first-order chi connectivity index (χ1) is 7.87. The van der Waals surface area contributed by atoms with Crippen LogP contribution in [0.1, 0.15) is 32.8 Å². The summed E-state index contributed by atoms with van der Waals surface area (Å²) < 4.78 is 27.4. The molecule has 4 heteroatoms. The van der Waals surface area contributed by atoms with Crippen LogP contribution in [0.2, 0.25) is 0 Å². The quantitative estimate of drug-likeness (QED) is 0.802. The van der Waals surface area contributed by atoms with Crippen LogP contribution < -0.4 is 5.32 Å². The van der Waals surface area contributed by atoms with Gasteiger partial charge in [-0.2, -0.15) is 0 Å². The molecule has 0 spiro atoms. The van der Waals surface area contributed by atoms with E-state index in [0.717, 1.165) is 13.0 Å². The molecular formula is C13H18BrF2N. The molecule has 96 valence electrons. The third-order valence-electron chi connectivity index (χ3n) is 3.00. The third-order valence-corrected chi connectivity index (χ3v) is 3.61. The Kier molecular flexibility index (Phi) is 5.07. The molecule has 1 aromatic carbocycles. The maximum absolute atomic E-state index is 13.6. The molecule has 0 bridgehead atoms. The van der Waals surface area contributed by atoms with E-state index in [1.807, 2.05) is 0 Å². The van der Waals surface area contributed by atoms with Crippen LogP contribution in [0.5, 0.6) is 0 Å². The molecule has 0 atom stereocenters. The van der Waals surface area contributed by atoms with Crippen molar-refractivity contribution in [2.45, 2.75) is 33.7 Å². The van der Waals surface area contributed by atoms with Crippen molar-refractivity contribution < 1.29 is 8.78 Å². The maximum Gasteiger partial charge on any atom is 0.144 e. The summed E-state index contributed by atoms with van der Waals surface area (Å²) in [6.45, 7) is 7.28. The van der Waals surface area contributed by atoms with Crippen molar-refractivity contribution in [2.75, 3.05) is 6.54 Å². The molecule has 1 aromatic rings. The van der Waals surface area contributed by atoms with Gasteiger partial charge < -0.3 is 5.32 Å². The molecule has 0 heterocycles. The SMILES string of the molecule is CCC(C)(C)CNCc1c(F)ccc(Br)c1F. The van der Waals surface area contributed by atoms with E-state index in [1.165, 1.54) is 12.1 Å². The van der Waals surface area contributed by atoms with Gasteiger partial charge in [-0.15, -0.1) is 0 Å². The summed E-state index contributed by atoms with van der Waals surface area (Å²) in [4.78, 5) is 0. The molecule has 0 aliphatic rings. The number of halogens is 3. The monoisotopic (exact) mass is 305 g/mol. The number of benzene rings is 1. The highest BCUT2D eigenvalue weighted by atomic mass is 79.9. The Bertz CT molecular complexity index is 391. The van der Waals surface area contributed by atoms with Gasteiger partial charge in [-0.25, -0.2) is 8.78 Å². The first-order valence-electron chi connectivity index (χ1n) is 5.70. The topological polar surface area (TPSA) is 12.0 Å². The maximum atomic E-state index is 13.6. The van der Waals surface area contributed by atoms with Crippen molar-refractivity contribution in [3.8, 4) is 0 Å². The summed E-state index contributed by atoms with van der Waals surface area (Å²) in [6, 6.07) is 2.65. The highest BCUT2D eigenvalue weighted by Gasteiger charge is 2.16. The Morgan fingerprint density at radius 1 is 1.29 bits per heavy atom. The molecule has 0 fully saturated rings. The predicted molar refractivity (Wildman–Crippen MR) is 69.8 cm³/mol. The summed E-state index contributed by atoms with van der Waals surface area (Å²) in [6.07, 6.45) is 1.02. The zero-order valence-electron chi connectivity index (χ0n) is 10.4. The average Bonchev–Trinajstić information content (AvgIpc) is 2.28. The lowest BCUT2D eigenvalue weighted by Gasteiger charge is -2.23. The van der Waals surface area contributed by atoms with E-state index in [1.54, 1.807) is 0 Å². The summed E-state index contributed by atoms with van der Waals surface area (Å²) in [5, 5.41) is 3.10. The van der Waals surface area contributed by atoms with Crippen molar-refractivity contribution >= 4 is 15.9 Å². The van der Waals surface area contributed by atoms with Crippen LogP contribution in [-0.4, -0.2) is 6.54 Å². The summed E-state index contributed by atoms with van der Waals surface area (Å²) in [5.74, 6) is -1.03. The van der Waals surface area contributed by atoms with Gasteiger partial charge in [0.15, 0.2) is 0 Å². The molecule has 0 saturated carbocycles. The van der Waals surface area contributed by atoms with E-state index in [4.69, 9.17) is 0 Å². The molecule has 1 rings (SSSR count). The lowest BCUT2D eigenvalue weighted by molar-refractivity contribution is 0.325. The fraction of sp³-hybridized carbons (Fsp3) is 0.538. The Labute approximate surface area is 110 Å². The molecule has 0 saturated heterocycles. The molecule has 0 radical (unpaired) electrons. The average molecular weight is 306 g/mol. The highest BCUT2D eigenvalue weighted by Crippen LogP contribution is 2.22. The van der Waals surface area contributed by atoms with Crippen molar-refractivity contribution in [3.05, 3.63) is 33.8 Å². The number of rotatable bonds is 5. The molecule has 0 aliphatic heterocycles. The number of hydrogen-bond donors (Lipinski definition) is 1. The molecule has 0 aliphatic carbocycles. The van der Waals surface area contributed by atoms with Crippen molar-refractivity contribution in [3.63, 3.8) is 0 Å². The normalized spacial score (nSPS) is 11.9. The van der Waals surface area contributed by atoms with Crippen molar-refractivity contribution in [1.29, 1.82) is 0 Å². The van der Waals surface area contributed by atoms with Crippen LogP contribution >= 0.6 is 15.9 Å². The lowest BCUT2D eigenvalue weighted by atomic mass is 9.90. The van der Waals surface area contributed by atoms with Gasteiger partial charge in [0.25, 0.3) is 0 Å². The second-order valence-electron chi connectivity index (χ2n) is 4.94. The van der Waals surface area contributed by atoms with Gasteiger partial charge in [-0.1, -0.05) is 20.8 Å². The minimum Gasteiger partial charge on any atom is -0.312 e. The molecule has 0 aromatic heterocycles. The van der Waals surface area contributed by atoms with E-state index >= 15 is 0 Å². The summed E-state index contributed by atoms with van der Waals surface area (Å²) in [5.41, 5.74) is 0.227. The van der Waals surface area contributed by atoms with Gasteiger partial charge >= 0.3 is 0 Å². The molecule has 17 heavy (non-hydrogen) atoms. The van der Waals surface area contributed by atoms with Crippen molar-refractivity contribution in [2.24, 2.45) is 5.41 Å². The number of hydrogen-bond acceptors (Lipinski definition) is 1. The molecular weight excluding hydrogens is 288 g/mol. The Morgan fingerprint density at radius 3 is 2.53 bits per heavy atom. The van der Waals surface area contributed by atoms with Gasteiger partial charge in [-0.3, -0.25) is 0 Å². The smallest absolute Gasteiger partial charge is 0.144 e. The fourth-order valence-corrected chi connectivity index (χ4v) is 1.75. The third kappa shape index (κ3) is 4.03. The summed E-state index contributed by atoms with van der Waals surface area (Å²) in [7, 11) is 0. The molecule has 1 N–H and O–H groups in total. The van der Waals surface area contributed by atoms with E-state index in [-0.39, 0.29) is 17.5 Å². The van der Waals surface area contributed by atoms with Crippen LogP contribution in [0, 0.1) is 17.0 Å². The fourth-order valence-electron chi connectivity index (χ4n) is 1.38. The number of nitrogens with one attached hydrogen (secondary N) is 1. The Morgan fingerprint density at radius 2 is 1.94 bits per heavy atom. The second-order valence-corrected chi connectivity index (χ2v) is 5.80. The highest BCUT2D eigenvalue weighted by molar-refractivity contribution is 9.10. The van der Waals surface area contributed by atoms with Crippen LogP contribution in [-0.2, 0) is 6.54 Å². The largest absolute Gasteiger partial charge is 0.312 e. The van der Waals surface area contributed by atoms with E-state index in [2.05, 4.69) is 42.0 Å².